The highest BCUT2D eigenvalue weighted by molar-refractivity contribution is 7.94. The van der Waals surface area contributed by atoms with Crippen molar-refractivity contribution in [2.45, 2.75) is 17.7 Å². The van der Waals surface area contributed by atoms with Crippen LogP contribution in [-0.2, 0) is 16.6 Å². The van der Waals surface area contributed by atoms with Crippen molar-refractivity contribution in [3.63, 3.8) is 0 Å². The number of halogens is 1. The third kappa shape index (κ3) is 4.54. The summed E-state index contributed by atoms with van der Waals surface area (Å²) in [5.41, 5.74) is 2.41. The summed E-state index contributed by atoms with van der Waals surface area (Å²) in [5.74, 6) is 0. The fourth-order valence-corrected chi connectivity index (χ4v) is 4.80. The molecule has 0 saturated carbocycles. The lowest BCUT2D eigenvalue weighted by molar-refractivity contribution is 0.603. The third-order valence-corrected chi connectivity index (χ3v) is 6.80. The minimum atomic E-state index is -3.54. The van der Waals surface area contributed by atoms with E-state index in [-0.39, 0.29) is 0 Å². The molecular formula is C18H17ClN2O2S2. The van der Waals surface area contributed by atoms with Gasteiger partial charge in [0.25, 0.3) is 10.0 Å². The van der Waals surface area contributed by atoms with Gasteiger partial charge in [-0.1, -0.05) is 29.8 Å². The van der Waals surface area contributed by atoms with E-state index in [1.807, 2.05) is 43.3 Å². The molecular weight excluding hydrogens is 376 g/mol. The SMILES string of the molecule is Cc1ccc(S(=O)(=O)Nc2ccc(NCc3ccccc3Cl)cc2)s1. The molecule has 0 amide bonds. The molecule has 0 aliphatic rings. The van der Waals surface area contributed by atoms with Crippen molar-refractivity contribution in [2.24, 2.45) is 0 Å². The molecule has 0 atom stereocenters. The van der Waals surface area contributed by atoms with Gasteiger partial charge in [0.05, 0.1) is 0 Å². The number of thiophene rings is 1. The summed E-state index contributed by atoms with van der Waals surface area (Å²) in [6.45, 7) is 2.47. The van der Waals surface area contributed by atoms with Crippen LogP contribution in [-0.4, -0.2) is 8.42 Å². The molecule has 7 heteroatoms. The Morgan fingerprint density at radius 1 is 0.960 bits per heavy atom. The molecule has 0 spiro atoms. The van der Waals surface area contributed by atoms with Crippen molar-refractivity contribution in [1.29, 1.82) is 0 Å². The lowest BCUT2D eigenvalue weighted by Gasteiger charge is -2.10. The van der Waals surface area contributed by atoms with E-state index in [9.17, 15) is 8.42 Å². The Balaban J connectivity index is 1.65. The van der Waals surface area contributed by atoms with Gasteiger partial charge in [-0.2, -0.15) is 0 Å². The number of hydrogen-bond donors (Lipinski definition) is 2. The molecule has 2 aromatic carbocycles. The average Bonchev–Trinajstić information content (AvgIpc) is 3.03. The standard InChI is InChI=1S/C18H17ClN2O2S2/c1-13-6-11-18(24-13)25(22,23)21-16-9-7-15(8-10-16)20-12-14-4-2-3-5-17(14)19/h2-11,20-21H,12H2,1H3. The highest BCUT2D eigenvalue weighted by atomic mass is 35.5. The second-order valence-corrected chi connectivity index (χ2v) is 9.10. The minimum Gasteiger partial charge on any atom is -0.381 e. The smallest absolute Gasteiger partial charge is 0.271 e. The van der Waals surface area contributed by atoms with Crippen molar-refractivity contribution in [3.8, 4) is 0 Å². The Hall–Kier alpha value is -2.02. The second-order valence-electron chi connectivity index (χ2n) is 5.49. The van der Waals surface area contributed by atoms with Gasteiger partial charge in [-0.05, 0) is 55.0 Å². The van der Waals surface area contributed by atoms with Gasteiger partial charge in [-0.25, -0.2) is 8.42 Å². The number of anilines is 2. The summed E-state index contributed by atoms with van der Waals surface area (Å²) in [6, 6.07) is 18.2. The predicted octanol–water partition coefficient (Wildman–Crippen LogP) is 5.12. The van der Waals surface area contributed by atoms with Crippen LogP contribution in [0.2, 0.25) is 5.02 Å². The van der Waals surface area contributed by atoms with Crippen LogP contribution in [0.1, 0.15) is 10.4 Å². The zero-order valence-electron chi connectivity index (χ0n) is 13.5. The van der Waals surface area contributed by atoms with Crippen LogP contribution in [0.5, 0.6) is 0 Å². The molecule has 1 heterocycles. The predicted molar refractivity (Wildman–Crippen MR) is 105 cm³/mol. The highest BCUT2D eigenvalue weighted by Gasteiger charge is 2.16. The van der Waals surface area contributed by atoms with Crippen LogP contribution in [0, 0.1) is 6.92 Å². The number of hydrogen-bond acceptors (Lipinski definition) is 4. The zero-order chi connectivity index (χ0) is 17.9. The van der Waals surface area contributed by atoms with E-state index in [0.717, 1.165) is 16.1 Å². The monoisotopic (exact) mass is 392 g/mol. The topological polar surface area (TPSA) is 58.2 Å². The van der Waals surface area contributed by atoms with Gasteiger partial charge >= 0.3 is 0 Å². The van der Waals surface area contributed by atoms with E-state index >= 15 is 0 Å². The van der Waals surface area contributed by atoms with Crippen LogP contribution in [0.25, 0.3) is 0 Å². The zero-order valence-corrected chi connectivity index (χ0v) is 15.9. The Morgan fingerprint density at radius 3 is 2.28 bits per heavy atom. The first kappa shape index (κ1) is 17.8. The summed E-state index contributed by atoms with van der Waals surface area (Å²) in [7, 11) is -3.54. The first-order valence-electron chi connectivity index (χ1n) is 7.61. The second kappa shape index (κ2) is 7.47. The largest absolute Gasteiger partial charge is 0.381 e. The molecule has 0 saturated heterocycles. The van der Waals surface area contributed by atoms with Crippen LogP contribution >= 0.6 is 22.9 Å². The maximum atomic E-state index is 12.3. The molecule has 25 heavy (non-hydrogen) atoms. The third-order valence-electron chi connectivity index (χ3n) is 3.56. The molecule has 4 nitrogen and oxygen atoms in total. The van der Waals surface area contributed by atoms with Crippen molar-refractivity contribution in [1.82, 2.24) is 0 Å². The average molecular weight is 393 g/mol. The summed E-state index contributed by atoms with van der Waals surface area (Å²) >= 11 is 7.38. The van der Waals surface area contributed by atoms with Crippen molar-refractivity contribution >= 4 is 44.3 Å². The number of nitrogens with one attached hydrogen (secondary N) is 2. The van der Waals surface area contributed by atoms with Crippen molar-refractivity contribution < 1.29 is 8.42 Å². The summed E-state index contributed by atoms with van der Waals surface area (Å²) < 4.78 is 27.5. The minimum absolute atomic E-state index is 0.311. The number of aryl methyl sites for hydroxylation is 1. The Kier molecular flexibility index (Phi) is 5.32. The van der Waals surface area contributed by atoms with Crippen LogP contribution in [0.4, 0.5) is 11.4 Å². The normalized spacial score (nSPS) is 11.3. The van der Waals surface area contributed by atoms with Gasteiger partial charge in [0, 0.05) is 27.8 Å². The van der Waals surface area contributed by atoms with E-state index in [0.29, 0.717) is 21.5 Å². The maximum Gasteiger partial charge on any atom is 0.271 e. The van der Waals surface area contributed by atoms with E-state index in [2.05, 4.69) is 10.0 Å². The molecule has 0 fully saturated rings. The van der Waals surface area contributed by atoms with E-state index in [1.54, 1.807) is 24.3 Å². The van der Waals surface area contributed by atoms with Crippen LogP contribution in [0.3, 0.4) is 0 Å². The molecule has 2 N–H and O–H groups in total. The number of sulfonamides is 1. The Morgan fingerprint density at radius 2 is 1.64 bits per heavy atom. The molecule has 0 aliphatic heterocycles. The van der Waals surface area contributed by atoms with Crippen LogP contribution in [0.15, 0.2) is 64.9 Å². The Bertz CT molecular complexity index is 967. The van der Waals surface area contributed by atoms with Gasteiger partial charge in [-0.3, -0.25) is 4.72 Å². The number of rotatable bonds is 6. The van der Waals surface area contributed by atoms with Crippen molar-refractivity contribution in [3.05, 3.63) is 76.1 Å². The molecule has 3 aromatic rings. The molecule has 130 valence electrons. The van der Waals surface area contributed by atoms with Crippen LogP contribution < -0.4 is 10.0 Å². The van der Waals surface area contributed by atoms with E-state index in [1.165, 1.54) is 11.3 Å². The van der Waals surface area contributed by atoms with Crippen molar-refractivity contribution in [2.75, 3.05) is 10.0 Å². The fourth-order valence-electron chi connectivity index (χ4n) is 2.26. The molecule has 0 bridgehead atoms. The molecule has 0 unspecified atom stereocenters. The van der Waals surface area contributed by atoms with Gasteiger partial charge in [-0.15, -0.1) is 11.3 Å². The molecule has 0 aliphatic carbocycles. The maximum absolute atomic E-state index is 12.3. The van der Waals surface area contributed by atoms with Gasteiger partial charge < -0.3 is 5.32 Å². The van der Waals surface area contributed by atoms with E-state index < -0.39 is 10.0 Å². The fraction of sp³-hybridized carbons (Fsp3) is 0.111. The lowest BCUT2D eigenvalue weighted by atomic mass is 10.2. The quantitative estimate of drug-likeness (QED) is 0.611. The van der Waals surface area contributed by atoms with Gasteiger partial charge in [0.15, 0.2) is 0 Å². The summed E-state index contributed by atoms with van der Waals surface area (Å²) in [6.07, 6.45) is 0. The van der Waals surface area contributed by atoms with Gasteiger partial charge in [0.2, 0.25) is 0 Å². The molecule has 0 radical (unpaired) electrons. The molecule has 3 rings (SSSR count). The lowest BCUT2D eigenvalue weighted by Crippen LogP contribution is -2.11. The summed E-state index contributed by atoms with van der Waals surface area (Å²) in [5, 5.41) is 3.98. The molecule has 1 aromatic heterocycles. The Labute approximate surface area is 156 Å². The first-order chi connectivity index (χ1) is 11.9. The first-order valence-corrected chi connectivity index (χ1v) is 10.3. The highest BCUT2D eigenvalue weighted by Crippen LogP contribution is 2.24. The summed E-state index contributed by atoms with van der Waals surface area (Å²) in [4.78, 5) is 0.958. The van der Waals surface area contributed by atoms with Gasteiger partial charge in [0.1, 0.15) is 4.21 Å². The number of benzene rings is 2. The van der Waals surface area contributed by atoms with E-state index in [4.69, 9.17) is 11.6 Å².